The number of hydrogen-bond acceptors (Lipinski definition) is 5. The summed E-state index contributed by atoms with van der Waals surface area (Å²) < 4.78 is 10.6. The zero-order valence-corrected chi connectivity index (χ0v) is 19.5. The van der Waals surface area contributed by atoms with Crippen LogP contribution in [-0.4, -0.2) is 74.0 Å². The van der Waals surface area contributed by atoms with Crippen molar-refractivity contribution in [3.63, 3.8) is 0 Å². The van der Waals surface area contributed by atoms with E-state index in [9.17, 15) is 14.4 Å². The number of benzene rings is 2. The first-order valence-corrected chi connectivity index (χ1v) is 10.9. The van der Waals surface area contributed by atoms with Gasteiger partial charge in [0.2, 0.25) is 11.8 Å². The maximum Gasteiger partial charge on any atom is 0.255 e. The zero-order valence-electron chi connectivity index (χ0n) is 19.5. The van der Waals surface area contributed by atoms with Crippen LogP contribution in [0.2, 0.25) is 0 Å². The van der Waals surface area contributed by atoms with Crippen LogP contribution in [-0.2, 0) is 14.3 Å². The summed E-state index contributed by atoms with van der Waals surface area (Å²) in [6.07, 6.45) is 0.333. The Balaban J connectivity index is 1.97. The molecule has 1 N–H and O–H groups in total. The lowest BCUT2D eigenvalue weighted by molar-refractivity contribution is -0.133. The molecule has 3 rings (SSSR count). The van der Waals surface area contributed by atoms with Gasteiger partial charge >= 0.3 is 0 Å². The van der Waals surface area contributed by atoms with Crippen LogP contribution >= 0.6 is 0 Å². The van der Waals surface area contributed by atoms with Gasteiger partial charge in [0.25, 0.3) is 5.91 Å². The molecule has 8 nitrogen and oxygen atoms in total. The Labute approximate surface area is 194 Å². The van der Waals surface area contributed by atoms with Gasteiger partial charge in [-0.3, -0.25) is 14.4 Å². The van der Waals surface area contributed by atoms with E-state index in [1.165, 1.54) is 11.8 Å². The summed E-state index contributed by atoms with van der Waals surface area (Å²) in [5.41, 5.74) is 1.30. The van der Waals surface area contributed by atoms with Crippen molar-refractivity contribution in [2.24, 2.45) is 0 Å². The number of likely N-dealkylation sites (tertiary alicyclic amines) is 1. The van der Waals surface area contributed by atoms with Crippen LogP contribution in [0.3, 0.4) is 0 Å². The Hall–Kier alpha value is -3.39. The number of hydrogen-bond donors (Lipinski definition) is 1. The lowest BCUT2D eigenvalue weighted by Crippen LogP contribution is -2.46. The number of nitrogens with zero attached hydrogens (tertiary/aromatic N) is 2. The molecule has 1 saturated heterocycles. The highest BCUT2D eigenvalue weighted by Gasteiger charge is 2.48. The molecule has 2 aromatic carbocycles. The van der Waals surface area contributed by atoms with Crippen LogP contribution in [0.5, 0.6) is 5.75 Å². The van der Waals surface area contributed by atoms with Crippen LogP contribution in [0.25, 0.3) is 0 Å². The number of rotatable bonds is 8. The van der Waals surface area contributed by atoms with Gasteiger partial charge in [0, 0.05) is 33.7 Å². The Morgan fingerprint density at radius 1 is 1.03 bits per heavy atom. The summed E-state index contributed by atoms with van der Waals surface area (Å²) in [5, 5.41) is 2.95. The van der Waals surface area contributed by atoms with E-state index in [2.05, 4.69) is 5.32 Å². The molecule has 2 aromatic rings. The van der Waals surface area contributed by atoms with E-state index < -0.39 is 12.1 Å². The standard InChI is InChI=1S/C25H31N3O5/c1-17(29)26-21-16-22(25(31)27(2)3)28(23(21)18-8-6-5-7-9-18)24(30)19-10-12-20(13-11-19)33-15-14-32-4/h5-13,21-23H,14-16H2,1-4H3,(H,26,29)/t21-,22-,23-/m0/s1. The Morgan fingerprint density at radius 3 is 2.27 bits per heavy atom. The molecule has 1 heterocycles. The molecule has 0 aliphatic carbocycles. The molecule has 1 aliphatic rings. The third kappa shape index (κ3) is 5.70. The number of carbonyl (C=O) groups excluding carboxylic acids is 3. The van der Waals surface area contributed by atoms with Gasteiger partial charge in [-0.1, -0.05) is 30.3 Å². The number of nitrogens with one attached hydrogen (secondary N) is 1. The Morgan fingerprint density at radius 2 is 1.70 bits per heavy atom. The van der Waals surface area contributed by atoms with E-state index in [1.807, 2.05) is 30.3 Å². The largest absolute Gasteiger partial charge is 0.491 e. The highest BCUT2D eigenvalue weighted by molar-refractivity contribution is 5.98. The SMILES string of the molecule is COCCOc1ccc(C(=O)N2[C@H](C(=O)N(C)C)C[C@H](NC(C)=O)[C@@H]2c2ccccc2)cc1. The molecule has 176 valence electrons. The van der Waals surface area contributed by atoms with Gasteiger partial charge in [0.1, 0.15) is 18.4 Å². The van der Waals surface area contributed by atoms with Gasteiger partial charge < -0.3 is 24.6 Å². The predicted octanol–water partition coefficient (Wildman–Crippen LogP) is 2.26. The van der Waals surface area contributed by atoms with E-state index >= 15 is 0 Å². The van der Waals surface area contributed by atoms with E-state index in [0.29, 0.717) is 30.9 Å². The van der Waals surface area contributed by atoms with Gasteiger partial charge in [0.15, 0.2) is 0 Å². The number of ether oxygens (including phenoxy) is 2. The lowest BCUT2D eigenvalue weighted by atomic mass is 9.99. The van der Waals surface area contributed by atoms with Crippen molar-refractivity contribution in [3.05, 3.63) is 65.7 Å². The Bertz CT molecular complexity index is 962. The highest BCUT2D eigenvalue weighted by Crippen LogP contribution is 2.38. The molecule has 8 heteroatoms. The van der Waals surface area contributed by atoms with Gasteiger partial charge in [0.05, 0.1) is 18.7 Å². The Kier molecular flexibility index (Phi) is 8.06. The van der Waals surface area contributed by atoms with E-state index in [-0.39, 0.29) is 23.8 Å². The van der Waals surface area contributed by atoms with E-state index in [0.717, 1.165) is 5.56 Å². The molecule has 0 unspecified atom stereocenters. The predicted molar refractivity (Wildman–Crippen MR) is 124 cm³/mol. The van der Waals surface area contributed by atoms with Crippen molar-refractivity contribution in [1.29, 1.82) is 0 Å². The van der Waals surface area contributed by atoms with Gasteiger partial charge in [-0.15, -0.1) is 0 Å². The number of carbonyl (C=O) groups is 3. The maximum atomic E-state index is 13.8. The van der Waals surface area contributed by atoms with Crippen molar-refractivity contribution < 1.29 is 23.9 Å². The minimum Gasteiger partial charge on any atom is -0.491 e. The van der Waals surface area contributed by atoms with Crippen molar-refractivity contribution in [2.45, 2.75) is 31.5 Å². The van der Waals surface area contributed by atoms with Crippen molar-refractivity contribution in [2.75, 3.05) is 34.4 Å². The van der Waals surface area contributed by atoms with E-state index in [1.54, 1.807) is 50.4 Å². The topological polar surface area (TPSA) is 88.2 Å². The molecule has 0 spiro atoms. The second-order valence-corrected chi connectivity index (χ2v) is 8.22. The van der Waals surface area contributed by atoms with Gasteiger partial charge in [-0.25, -0.2) is 0 Å². The van der Waals surface area contributed by atoms with Crippen molar-refractivity contribution in [1.82, 2.24) is 15.1 Å². The summed E-state index contributed by atoms with van der Waals surface area (Å²) >= 11 is 0. The number of likely N-dealkylation sites (N-methyl/N-ethyl adjacent to an activating group) is 1. The van der Waals surface area contributed by atoms with Crippen LogP contribution in [0.1, 0.15) is 35.3 Å². The van der Waals surface area contributed by atoms with Crippen LogP contribution < -0.4 is 10.1 Å². The third-order valence-electron chi connectivity index (χ3n) is 5.64. The fourth-order valence-electron chi connectivity index (χ4n) is 4.18. The lowest BCUT2D eigenvalue weighted by Gasteiger charge is -2.32. The first kappa shape index (κ1) is 24.3. The van der Waals surface area contributed by atoms with Gasteiger partial charge in [-0.2, -0.15) is 0 Å². The first-order valence-electron chi connectivity index (χ1n) is 10.9. The second kappa shape index (κ2) is 11.0. The fraction of sp³-hybridized carbons (Fsp3) is 0.400. The zero-order chi connectivity index (χ0) is 24.0. The summed E-state index contributed by atoms with van der Waals surface area (Å²) in [5.74, 6) is -0.0393. The quantitative estimate of drug-likeness (QED) is 0.620. The smallest absolute Gasteiger partial charge is 0.255 e. The molecule has 1 aliphatic heterocycles. The fourth-order valence-corrected chi connectivity index (χ4v) is 4.18. The average molecular weight is 454 g/mol. The second-order valence-electron chi connectivity index (χ2n) is 8.22. The van der Waals surface area contributed by atoms with Crippen LogP contribution in [0.15, 0.2) is 54.6 Å². The molecular weight excluding hydrogens is 422 g/mol. The molecule has 33 heavy (non-hydrogen) atoms. The van der Waals surface area contributed by atoms with E-state index in [4.69, 9.17) is 9.47 Å². The number of amides is 3. The van der Waals surface area contributed by atoms with Crippen molar-refractivity contribution >= 4 is 17.7 Å². The highest BCUT2D eigenvalue weighted by atomic mass is 16.5. The third-order valence-corrected chi connectivity index (χ3v) is 5.64. The molecular formula is C25H31N3O5. The summed E-state index contributed by atoms with van der Waals surface area (Å²) in [6, 6.07) is 14.7. The first-order chi connectivity index (χ1) is 15.8. The molecule has 0 radical (unpaired) electrons. The monoisotopic (exact) mass is 453 g/mol. The minimum atomic E-state index is -0.702. The van der Waals surface area contributed by atoms with Crippen LogP contribution in [0, 0.1) is 0 Å². The normalized spacial score (nSPS) is 19.8. The minimum absolute atomic E-state index is 0.184. The maximum absolute atomic E-state index is 13.8. The number of methoxy groups -OCH3 is 1. The molecule has 1 fully saturated rings. The molecule has 0 bridgehead atoms. The van der Waals surface area contributed by atoms with Crippen LogP contribution in [0.4, 0.5) is 0 Å². The average Bonchev–Trinajstić information content (AvgIpc) is 3.17. The summed E-state index contributed by atoms with van der Waals surface area (Å²) in [7, 11) is 4.94. The van der Waals surface area contributed by atoms with Crippen molar-refractivity contribution in [3.8, 4) is 5.75 Å². The molecule has 3 atom stereocenters. The summed E-state index contributed by atoms with van der Waals surface area (Å²) in [4.78, 5) is 41.9. The van der Waals surface area contributed by atoms with Gasteiger partial charge in [-0.05, 0) is 36.2 Å². The molecule has 3 amide bonds. The summed E-state index contributed by atoms with van der Waals surface area (Å²) in [6.45, 7) is 2.31. The molecule has 0 saturated carbocycles. The molecule has 0 aromatic heterocycles.